The van der Waals surface area contributed by atoms with Gasteiger partial charge in [0, 0.05) is 35.3 Å². The number of benzene rings is 3. The van der Waals surface area contributed by atoms with Gasteiger partial charge in [-0.15, -0.1) is 0 Å². The summed E-state index contributed by atoms with van der Waals surface area (Å²) in [7, 11) is -1.24. The number of rotatable bonds is 10. The zero-order valence-electron chi connectivity index (χ0n) is 18.8. The number of amides is 1. The topological polar surface area (TPSA) is 137 Å². The average Bonchev–Trinajstić information content (AvgIpc) is 2.84. The third kappa shape index (κ3) is 6.47. The first-order valence-corrected chi connectivity index (χ1v) is 12.0. The van der Waals surface area contributed by atoms with Crippen molar-refractivity contribution in [3.8, 4) is 11.5 Å². The van der Waals surface area contributed by atoms with Crippen LogP contribution >= 0.6 is 11.6 Å². The maximum atomic E-state index is 12.6. The fourth-order valence-electron chi connectivity index (χ4n) is 3.23. The minimum atomic E-state index is -4.04. The molecule has 3 aromatic rings. The van der Waals surface area contributed by atoms with E-state index in [1.165, 1.54) is 50.6 Å². The number of anilines is 1. The molecule has 0 unspecified atom stereocenters. The zero-order chi connectivity index (χ0) is 25.6. The number of nitrogens with one attached hydrogen (secondary N) is 2. The van der Waals surface area contributed by atoms with Crippen LogP contribution in [0.4, 0.5) is 11.4 Å². The smallest absolute Gasteiger partial charge is 0.269 e. The number of sulfonamides is 1. The second-order valence-corrected chi connectivity index (χ2v) is 9.43. The van der Waals surface area contributed by atoms with Crippen LogP contribution in [0.1, 0.15) is 11.1 Å². The summed E-state index contributed by atoms with van der Waals surface area (Å²) in [6.45, 7) is -0.570. The van der Waals surface area contributed by atoms with Gasteiger partial charge in [0.25, 0.3) is 5.69 Å². The highest BCUT2D eigenvalue weighted by Gasteiger charge is 2.19. The monoisotopic (exact) mass is 519 g/mol. The van der Waals surface area contributed by atoms with Crippen molar-refractivity contribution in [1.29, 1.82) is 0 Å². The number of nitrogens with zero attached hydrogens (tertiary/aromatic N) is 1. The van der Waals surface area contributed by atoms with E-state index in [0.29, 0.717) is 27.6 Å². The Balaban J connectivity index is 1.77. The van der Waals surface area contributed by atoms with E-state index in [9.17, 15) is 23.3 Å². The molecule has 0 aromatic heterocycles. The molecule has 10 nitrogen and oxygen atoms in total. The molecule has 0 aliphatic rings. The summed E-state index contributed by atoms with van der Waals surface area (Å²) in [5, 5.41) is 14.3. The number of halogens is 1. The van der Waals surface area contributed by atoms with E-state index < -0.39 is 27.4 Å². The molecule has 12 heteroatoms. The zero-order valence-corrected chi connectivity index (χ0v) is 20.4. The van der Waals surface area contributed by atoms with Crippen molar-refractivity contribution in [1.82, 2.24) is 4.72 Å². The van der Waals surface area contributed by atoms with Gasteiger partial charge < -0.3 is 14.8 Å². The van der Waals surface area contributed by atoms with Gasteiger partial charge in [-0.2, -0.15) is 0 Å². The fraction of sp³-hybridized carbons (Fsp3) is 0.174. The van der Waals surface area contributed by atoms with E-state index >= 15 is 0 Å². The summed E-state index contributed by atoms with van der Waals surface area (Å²) in [5.41, 5.74) is 1.30. The molecule has 0 aliphatic heterocycles. The molecule has 0 saturated heterocycles. The third-order valence-electron chi connectivity index (χ3n) is 5.00. The molecule has 2 N–H and O–H groups in total. The largest absolute Gasteiger partial charge is 0.493 e. The quantitative estimate of drug-likeness (QED) is 0.307. The standard InChI is InChI=1S/C23H22ClN3O7S/c1-33-21-10-8-18(13-22(21)34-2)35(31,32)25-14-23(28)26-20-9-7-17(27(29)30)12-16(20)11-15-5-3-4-6-19(15)24/h3-10,12-13,25H,11,14H2,1-2H3,(H,26,28). The van der Waals surface area contributed by atoms with Crippen LogP contribution in [0.15, 0.2) is 65.6 Å². The van der Waals surface area contributed by atoms with Gasteiger partial charge in [0.05, 0.1) is 30.6 Å². The molecule has 0 spiro atoms. The summed E-state index contributed by atoms with van der Waals surface area (Å²) < 4.78 is 37.7. The third-order valence-corrected chi connectivity index (χ3v) is 6.77. The van der Waals surface area contributed by atoms with Gasteiger partial charge in [-0.1, -0.05) is 29.8 Å². The van der Waals surface area contributed by atoms with Crippen molar-refractivity contribution in [2.24, 2.45) is 0 Å². The summed E-state index contributed by atoms with van der Waals surface area (Å²) in [6, 6.07) is 15.0. The number of nitro benzene ring substituents is 1. The van der Waals surface area contributed by atoms with Crippen LogP contribution in [0.5, 0.6) is 11.5 Å². The summed E-state index contributed by atoms with van der Waals surface area (Å²) >= 11 is 6.22. The van der Waals surface area contributed by atoms with E-state index in [1.54, 1.807) is 24.3 Å². The molecule has 3 aromatic carbocycles. The Labute approximate surface area is 207 Å². The predicted octanol–water partition coefficient (Wildman–Crippen LogP) is 3.77. The van der Waals surface area contributed by atoms with Gasteiger partial charge in [0.2, 0.25) is 15.9 Å². The van der Waals surface area contributed by atoms with Crippen LogP contribution in [-0.2, 0) is 21.2 Å². The summed E-state index contributed by atoms with van der Waals surface area (Å²) in [4.78, 5) is 23.1. The molecule has 0 radical (unpaired) electrons. The molecule has 35 heavy (non-hydrogen) atoms. The number of methoxy groups -OCH3 is 2. The number of carbonyl (C=O) groups excluding carboxylic acids is 1. The minimum Gasteiger partial charge on any atom is -0.493 e. The summed E-state index contributed by atoms with van der Waals surface area (Å²) in [6.07, 6.45) is 0.217. The fourth-order valence-corrected chi connectivity index (χ4v) is 4.43. The van der Waals surface area contributed by atoms with Crippen molar-refractivity contribution in [3.63, 3.8) is 0 Å². The van der Waals surface area contributed by atoms with Crippen LogP contribution in [0, 0.1) is 10.1 Å². The van der Waals surface area contributed by atoms with Gasteiger partial charge in [-0.3, -0.25) is 14.9 Å². The van der Waals surface area contributed by atoms with Crippen LogP contribution in [0.2, 0.25) is 5.02 Å². The Morgan fingerprint density at radius 1 is 1.00 bits per heavy atom. The van der Waals surface area contributed by atoms with Gasteiger partial charge in [0.1, 0.15) is 0 Å². The van der Waals surface area contributed by atoms with Gasteiger partial charge >= 0.3 is 0 Å². The highest BCUT2D eigenvalue weighted by Crippen LogP contribution is 2.30. The Hall–Kier alpha value is -3.67. The average molecular weight is 520 g/mol. The molecular weight excluding hydrogens is 498 g/mol. The number of nitro groups is 1. The van der Waals surface area contributed by atoms with Crippen LogP contribution in [-0.4, -0.2) is 40.0 Å². The molecule has 184 valence electrons. The molecule has 0 aliphatic carbocycles. The molecule has 0 fully saturated rings. The second-order valence-electron chi connectivity index (χ2n) is 7.26. The molecule has 0 saturated carbocycles. The lowest BCUT2D eigenvalue weighted by Gasteiger charge is -2.13. The van der Waals surface area contributed by atoms with Gasteiger partial charge in [-0.25, -0.2) is 13.1 Å². The summed E-state index contributed by atoms with van der Waals surface area (Å²) in [5.74, 6) is -0.0911. The van der Waals surface area contributed by atoms with Crippen molar-refractivity contribution in [2.45, 2.75) is 11.3 Å². The maximum Gasteiger partial charge on any atom is 0.269 e. The number of non-ortho nitro benzene ring substituents is 1. The Morgan fingerprint density at radius 3 is 2.37 bits per heavy atom. The van der Waals surface area contributed by atoms with E-state index in [2.05, 4.69) is 10.0 Å². The molecular formula is C23H22ClN3O7S. The Morgan fingerprint density at radius 2 is 1.71 bits per heavy atom. The van der Waals surface area contributed by atoms with Gasteiger partial charge in [0.15, 0.2) is 11.5 Å². The lowest BCUT2D eigenvalue weighted by atomic mass is 10.0. The highest BCUT2D eigenvalue weighted by atomic mass is 35.5. The second kappa shape index (κ2) is 11.2. The lowest BCUT2D eigenvalue weighted by Crippen LogP contribution is -2.33. The van der Waals surface area contributed by atoms with Crippen molar-refractivity contribution in [3.05, 3.63) is 86.9 Å². The first-order chi connectivity index (χ1) is 16.6. The Bertz CT molecular complexity index is 1360. The Kier molecular flexibility index (Phi) is 8.28. The number of ether oxygens (including phenoxy) is 2. The van der Waals surface area contributed by atoms with Crippen LogP contribution in [0.25, 0.3) is 0 Å². The predicted molar refractivity (Wildman–Crippen MR) is 131 cm³/mol. The normalized spacial score (nSPS) is 11.1. The van der Waals surface area contributed by atoms with Crippen molar-refractivity contribution >= 4 is 38.9 Å². The first kappa shape index (κ1) is 25.9. The SMILES string of the molecule is COc1ccc(S(=O)(=O)NCC(=O)Nc2ccc([N+](=O)[O-])cc2Cc2ccccc2Cl)cc1OC. The minimum absolute atomic E-state index is 0.113. The molecule has 0 atom stereocenters. The van der Waals surface area contributed by atoms with Crippen molar-refractivity contribution in [2.75, 3.05) is 26.1 Å². The maximum absolute atomic E-state index is 12.6. The lowest BCUT2D eigenvalue weighted by molar-refractivity contribution is -0.384. The van der Waals surface area contributed by atoms with Crippen LogP contribution in [0.3, 0.4) is 0 Å². The van der Waals surface area contributed by atoms with Crippen molar-refractivity contribution < 1.29 is 27.6 Å². The van der Waals surface area contributed by atoms with Crippen LogP contribution < -0.4 is 19.5 Å². The van der Waals surface area contributed by atoms with E-state index in [4.69, 9.17) is 21.1 Å². The van der Waals surface area contributed by atoms with E-state index in [1.807, 2.05) is 0 Å². The van der Waals surface area contributed by atoms with Gasteiger partial charge in [-0.05, 0) is 35.4 Å². The highest BCUT2D eigenvalue weighted by molar-refractivity contribution is 7.89. The number of carbonyl (C=O) groups is 1. The molecule has 0 heterocycles. The number of hydrogen-bond acceptors (Lipinski definition) is 7. The van der Waals surface area contributed by atoms with E-state index in [-0.39, 0.29) is 22.8 Å². The van der Waals surface area contributed by atoms with E-state index in [0.717, 1.165) is 0 Å². The molecule has 1 amide bonds. The molecule has 3 rings (SSSR count). The first-order valence-electron chi connectivity index (χ1n) is 10.2. The number of hydrogen-bond donors (Lipinski definition) is 2. The molecule has 0 bridgehead atoms.